The number of hydrogen-bond acceptors (Lipinski definition) is 4. The first-order valence-corrected chi connectivity index (χ1v) is 13.7. The van der Waals surface area contributed by atoms with Crippen molar-refractivity contribution in [3.05, 3.63) is 68.7 Å². The summed E-state index contributed by atoms with van der Waals surface area (Å²) in [5.74, 6) is -0.590. The van der Waals surface area contributed by atoms with Crippen molar-refractivity contribution in [2.45, 2.75) is 37.6 Å². The SMILES string of the molecule is CN(C(=O)c1ccc(Cl)cc1)[C@@H]1CCN(C(=O)C2CCN(C(=O)CC#N)CC2)C[C@H]1c1ccc(Cl)c(Cl)c1. The number of rotatable bonds is 5. The van der Waals surface area contributed by atoms with Crippen LogP contribution in [0.1, 0.15) is 47.5 Å². The molecule has 3 amide bonds. The second-order valence-corrected chi connectivity index (χ2v) is 11.1. The first-order chi connectivity index (χ1) is 18.2. The molecule has 2 saturated heterocycles. The second-order valence-electron chi connectivity index (χ2n) is 9.83. The van der Waals surface area contributed by atoms with Gasteiger partial charge in [0, 0.05) is 61.7 Å². The van der Waals surface area contributed by atoms with Gasteiger partial charge in [-0.05, 0) is 61.2 Å². The topological polar surface area (TPSA) is 84.7 Å². The van der Waals surface area contributed by atoms with E-state index in [1.165, 1.54) is 0 Å². The van der Waals surface area contributed by atoms with Crippen molar-refractivity contribution in [2.24, 2.45) is 5.92 Å². The van der Waals surface area contributed by atoms with Crippen LogP contribution < -0.4 is 0 Å². The van der Waals surface area contributed by atoms with Crippen LogP contribution in [0.2, 0.25) is 15.1 Å². The van der Waals surface area contributed by atoms with Crippen LogP contribution in [0.3, 0.4) is 0 Å². The smallest absolute Gasteiger partial charge is 0.253 e. The van der Waals surface area contributed by atoms with Gasteiger partial charge in [-0.1, -0.05) is 40.9 Å². The van der Waals surface area contributed by atoms with E-state index in [0.29, 0.717) is 66.1 Å². The summed E-state index contributed by atoms with van der Waals surface area (Å²) in [7, 11) is 1.79. The number of piperidine rings is 2. The summed E-state index contributed by atoms with van der Waals surface area (Å²) in [4.78, 5) is 44.2. The van der Waals surface area contributed by atoms with E-state index in [9.17, 15) is 14.4 Å². The molecule has 2 heterocycles. The van der Waals surface area contributed by atoms with E-state index in [0.717, 1.165) is 5.56 Å². The van der Waals surface area contributed by atoms with Gasteiger partial charge in [0.25, 0.3) is 5.91 Å². The third kappa shape index (κ3) is 6.26. The van der Waals surface area contributed by atoms with Gasteiger partial charge in [0.2, 0.25) is 11.8 Å². The Bertz CT molecular complexity index is 1240. The number of hydrogen-bond donors (Lipinski definition) is 0. The van der Waals surface area contributed by atoms with Gasteiger partial charge in [-0.2, -0.15) is 5.26 Å². The maximum Gasteiger partial charge on any atom is 0.253 e. The Labute approximate surface area is 237 Å². The summed E-state index contributed by atoms with van der Waals surface area (Å²) in [6, 6.07) is 14.0. The van der Waals surface area contributed by atoms with Crippen LogP contribution in [-0.2, 0) is 9.59 Å². The highest BCUT2D eigenvalue weighted by Gasteiger charge is 2.39. The highest BCUT2D eigenvalue weighted by molar-refractivity contribution is 6.42. The van der Waals surface area contributed by atoms with Gasteiger partial charge >= 0.3 is 0 Å². The zero-order chi connectivity index (χ0) is 27.4. The molecule has 2 atom stereocenters. The van der Waals surface area contributed by atoms with Gasteiger partial charge in [-0.25, -0.2) is 0 Å². The van der Waals surface area contributed by atoms with Crippen molar-refractivity contribution >= 4 is 52.5 Å². The molecule has 0 aromatic heterocycles. The Hall–Kier alpha value is -2.79. The molecule has 0 saturated carbocycles. The van der Waals surface area contributed by atoms with Crippen molar-refractivity contribution in [3.8, 4) is 6.07 Å². The van der Waals surface area contributed by atoms with Gasteiger partial charge in [0.1, 0.15) is 6.42 Å². The highest BCUT2D eigenvalue weighted by atomic mass is 35.5. The van der Waals surface area contributed by atoms with Gasteiger partial charge in [-0.15, -0.1) is 0 Å². The van der Waals surface area contributed by atoms with Crippen LogP contribution >= 0.6 is 34.8 Å². The zero-order valence-electron chi connectivity index (χ0n) is 21.1. The lowest BCUT2D eigenvalue weighted by molar-refractivity contribution is -0.141. The lowest BCUT2D eigenvalue weighted by Gasteiger charge is -2.44. The molecular formula is C28H29Cl3N4O3. The largest absolute Gasteiger partial charge is 0.342 e. The molecule has 2 aliphatic heterocycles. The molecule has 38 heavy (non-hydrogen) atoms. The van der Waals surface area contributed by atoms with E-state index in [2.05, 4.69) is 0 Å². The van der Waals surface area contributed by atoms with Gasteiger partial charge in [0.05, 0.1) is 16.1 Å². The average molecular weight is 576 g/mol. The summed E-state index contributed by atoms with van der Waals surface area (Å²) in [5, 5.41) is 10.2. The van der Waals surface area contributed by atoms with Crippen molar-refractivity contribution < 1.29 is 14.4 Å². The summed E-state index contributed by atoms with van der Waals surface area (Å²) in [6.07, 6.45) is 1.61. The van der Waals surface area contributed by atoms with E-state index >= 15 is 0 Å². The van der Waals surface area contributed by atoms with Gasteiger partial charge in [-0.3, -0.25) is 14.4 Å². The molecule has 4 rings (SSSR count). The Balaban J connectivity index is 1.52. The van der Waals surface area contributed by atoms with Crippen molar-refractivity contribution in [3.63, 3.8) is 0 Å². The maximum atomic E-state index is 13.5. The fraction of sp³-hybridized carbons (Fsp3) is 0.429. The molecule has 0 aliphatic carbocycles. The second kappa shape index (κ2) is 12.4. The summed E-state index contributed by atoms with van der Waals surface area (Å²) in [5.41, 5.74) is 1.45. The minimum Gasteiger partial charge on any atom is -0.342 e. The predicted molar refractivity (Wildman–Crippen MR) is 147 cm³/mol. The number of nitrogens with zero attached hydrogens (tertiary/aromatic N) is 4. The van der Waals surface area contributed by atoms with E-state index in [4.69, 9.17) is 40.1 Å². The average Bonchev–Trinajstić information content (AvgIpc) is 2.93. The zero-order valence-corrected chi connectivity index (χ0v) is 23.3. The number of likely N-dealkylation sites (tertiary alicyclic amines) is 2. The third-order valence-corrected chi connectivity index (χ3v) is 8.59. The highest BCUT2D eigenvalue weighted by Crippen LogP contribution is 2.35. The third-order valence-electron chi connectivity index (χ3n) is 7.60. The van der Waals surface area contributed by atoms with E-state index in [1.54, 1.807) is 47.2 Å². The summed E-state index contributed by atoms with van der Waals surface area (Å²) in [6.45, 7) is 1.91. The van der Waals surface area contributed by atoms with Crippen molar-refractivity contribution in [1.29, 1.82) is 5.26 Å². The molecule has 0 bridgehead atoms. The van der Waals surface area contributed by atoms with Crippen LogP contribution in [0.5, 0.6) is 0 Å². The van der Waals surface area contributed by atoms with Crippen LogP contribution in [-0.4, -0.2) is 71.7 Å². The molecule has 0 N–H and O–H groups in total. The normalized spacial score (nSPS) is 20.1. The van der Waals surface area contributed by atoms with E-state index < -0.39 is 0 Å². The molecule has 2 aromatic rings. The molecular weight excluding hydrogens is 547 g/mol. The van der Waals surface area contributed by atoms with Gasteiger partial charge in [0.15, 0.2) is 0 Å². The van der Waals surface area contributed by atoms with Crippen LogP contribution in [0.4, 0.5) is 0 Å². The van der Waals surface area contributed by atoms with Gasteiger partial charge < -0.3 is 14.7 Å². The minimum atomic E-state index is -0.188. The van der Waals surface area contributed by atoms with E-state index in [-0.39, 0.29) is 42.0 Å². The molecule has 10 heteroatoms. The maximum absolute atomic E-state index is 13.5. The quantitative estimate of drug-likeness (QED) is 0.487. The molecule has 7 nitrogen and oxygen atoms in total. The number of amides is 3. The summed E-state index contributed by atoms with van der Waals surface area (Å²) < 4.78 is 0. The number of carbonyl (C=O) groups is 3. The molecule has 0 spiro atoms. The van der Waals surface area contributed by atoms with Crippen LogP contribution in [0, 0.1) is 17.2 Å². The number of likely N-dealkylation sites (N-methyl/N-ethyl adjacent to an activating group) is 1. The molecule has 2 fully saturated rings. The summed E-state index contributed by atoms with van der Waals surface area (Å²) >= 11 is 18.5. The van der Waals surface area contributed by atoms with Crippen molar-refractivity contribution in [1.82, 2.24) is 14.7 Å². The number of halogens is 3. The first-order valence-electron chi connectivity index (χ1n) is 12.6. The van der Waals surface area contributed by atoms with Crippen molar-refractivity contribution in [2.75, 3.05) is 33.2 Å². The fourth-order valence-corrected chi connectivity index (χ4v) is 5.87. The Morgan fingerprint density at radius 2 is 1.61 bits per heavy atom. The molecule has 2 aliphatic rings. The van der Waals surface area contributed by atoms with Crippen LogP contribution in [0.25, 0.3) is 0 Å². The lowest BCUT2D eigenvalue weighted by Crippen LogP contribution is -2.53. The minimum absolute atomic E-state index is 0.0626. The molecule has 2 aromatic carbocycles. The molecule has 0 radical (unpaired) electrons. The Morgan fingerprint density at radius 1 is 0.947 bits per heavy atom. The number of carbonyl (C=O) groups excluding carboxylic acids is 3. The molecule has 200 valence electrons. The van der Waals surface area contributed by atoms with Crippen LogP contribution in [0.15, 0.2) is 42.5 Å². The standard InChI is InChI=1S/C28H29Cl3N4O3/c1-33(27(37)18-2-5-21(29)6-3-18)25-11-15-35(17-22(25)20-4-7-23(30)24(31)16-20)28(38)19-9-13-34(14-10-19)26(36)8-12-32/h2-7,16,19,22,25H,8-11,13-15,17H2,1H3/t22-,25+/m0/s1. The monoisotopic (exact) mass is 574 g/mol. The number of benzene rings is 2. The number of nitriles is 1. The lowest BCUT2D eigenvalue weighted by atomic mass is 9.83. The fourth-order valence-electron chi connectivity index (χ4n) is 5.43. The van der Waals surface area contributed by atoms with E-state index in [1.807, 2.05) is 23.1 Å². The Morgan fingerprint density at radius 3 is 2.24 bits per heavy atom. The predicted octanol–water partition coefficient (Wildman–Crippen LogP) is 5.26. The molecule has 0 unspecified atom stereocenters. The Kier molecular flexibility index (Phi) is 9.19. The first kappa shape index (κ1) is 28.2.